The lowest BCUT2D eigenvalue weighted by Gasteiger charge is -2.23. The number of hydrogen-bond acceptors (Lipinski definition) is 8. The largest absolute Gasteiger partial charge is 0.463 e. The molecule has 0 radical (unpaired) electrons. The van der Waals surface area contributed by atoms with Crippen molar-refractivity contribution >= 4 is 24.0 Å². The molecule has 0 saturated carbocycles. The summed E-state index contributed by atoms with van der Waals surface area (Å²) in [6, 6.07) is -1.02. The molecule has 0 aromatic heterocycles. The number of alkyl carbamates (subject to hydrolysis) is 1. The molecule has 1 amide bonds. The van der Waals surface area contributed by atoms with Gasteiger partial charge in [-0.25, -0.2) is 9.59 Å². The van der Waals surface area contributed by atoms with Crippen molar-refractivity contribution in [2.75, 3.05) is 19.8 Å². The summed E-state index contributed by atoms with van der Waals surface area (Å²) < 4.78 is 15.4. The highest BCUT2D eigenvalue weighted by molar-refractivity contribution is 5.81. The van der Waals surface area contributed by atoms with Crippen molar-refractivity contribution in [3.63, 3.8) is 0 Å². The molecular formula is C26H50N4O7. The van der Waals surface area contributed by atoms with Crippen LogP contribution in [0.1, 0.15) is 105 Å². The lowest BCUT2D eigenvalue weighted by atomic mass is 10.1. The Bertz CT molecular complexity index is 676. The van der Waals surface area contributed by atoms with Crippen LogP contribution in [-0.4, -0.2) is 66.6 Å². The van der Waals surface area contributed by atoms with Crippen LogP contribution in [0.25, 0.3) is 0 Å². The van der Waals surface area contributed by atoms with Crippen LogP contribution < -0.4 is 16.8 Å². The molecule has 37 heavy (non-hydrogen) atoms. The smallest absolute Gasteiger partial charge is 0.408 e. The molecule has 0 saturated heterocycles. The Morgan fingerprint density at radius 3 is 2.03 bits per heavy atom. The van der Waals surface area contributed by atoms with Gasteiger partial charge in [0.1, 0.15) is 31.0 Å². The number of nitrogens with two attached hydrogens (primary N) is 2. The molecule has 6 N–H and O–H groups in total. The number of aliphatic hydroxyl groups excluding tert-OH is 1. The van der Waals surface area contributed by atoms with Gasteiger partial charge in [0, 0.05) is 13.0 Å². The van der Waals surface area contributed by atoms with Crippen LogP contribution in [0, 0.1) is 0 Å². The SMILES string of the molecule is CCCCCCCCCCCC(=O)OC[C@@H](O)COC(=O)[C@H](CCCN=C(N)N)NC(=O)OC(C)(C)C. The molecular weight excluding hydrogens is 480 g/mol. The molecule has 11 nitrogen and oxygen atoms in total. The number of aliphatic imine (C=N–C) groups is 1. The predicted octanol–water partition coefficient (Wildman–Crippen LogP) is 3.30. The molecule has 0 aromatic carbocycles. The number of guanidine groups is 1. The van der Waals surface area contributed by atoms with Crippen molar-refractivity contribution in [1.29, 1.82) is 0 Å². The molecule has 0 fully saturated rings. The number of aliphatic hydroxyl groups is 1. The second-order valence-electron chi connectivity index (χ2n) is 10.2. The standard InChI is InChI=1S/C26H50N4O7/c1-5-6-7-8-9-10-11-12-13-16-22(32)35-18-20(31)19-36-23(33)21(15-14-17-29-24(27)28)30-25(34)37-26(2,3)4/h20-21,31H,5-19H2,1-4H3,(H,30,34)(H4,27,28,29)/t20-,21+/m1/s1. The van der Waals surface area contributed by atoms with Crippen LogP contribution in [0.3, 0.4) is 0 Å². The summed E-state index contributed by atoms with van der Waals surface area (Å²) in [5.41, 5.74) is 9.85. The fourth-order valence-electron chi connectivity index (χ4n) is 3.37. The van der Waals surface area contributed by atoms with Gasteiger partial charge >= 0.3 is 18.0 Å². The van der Waals surface area contributed by atoms with Crippen LogP contribution in [-0.2, 0) is 23.8 Å². The van der Waals surface area contributed by atoms with Crippen molar-refractivity contribution in [2.45, 2.75) is 122 Å². The summed E-state index contributed by atoms with van der Waals surface area (Å²) in [5, 5.41) is 12.5. The van der Waals surface area contributed by atoms with Crippen molar-refractivity contribution in [1.82, 2.24) is 5.32 Å². The molecule has 216 valence electrons. The molecule has 0 aliphatic carbocycles. The van der Waals surface area contributed by atoms with Crippen LogP contribution in [0.2, 0.25) is 0 Å². The van der Waals surface area contributed by atoms with E-state index >= 15 is 0 Å². The number of amides is 1. The van der Waals surface area contributed by atoms with Crippen molar-refractivity contribution in [3.05, 3.63) is 0 Å². The second-order valence-corrected chi connectivity index (χ2v) is 10.2. The van der Waals surface area contributed by atoms with E-state index in [4.69, 9.17) is 25.7 Å². The Hall–Kier alpha value is -2.56. The maximum atomic E-state index is 12.5. The van der Waals surface area contributed by atoms with Crippen molar-refractivity contribution in [3.8, 4) is 0 Å². The van der Waals surface area contributed by atoms with Gasteiger partial charge in [0.2, 0.25) is 0 Å². The fourth-order valence-corrected chi connectivity index (χ4v) is 3.37. The first kappa shape index (κ1) is 34.4. The molecule has 0 aliphatic heterocycles. The number of ether oxygens (including phenoxy) is 3. The molecule has 0 spiro atoms. The van der Waals surface area contributed by atoms with Crippen LogP contribution in [0.4, 0.5) is 4.79 Å². The van der Waals surface area contributed by atoms with Crippen LogP contribution in [0.15, 0.2) is 4.99 Å². The fraction of sp³-hybridized carbons (Fsp3) is 0.846. The normalized spacial score (nSPS) is 12.8. The maximum Gasteiger partial charge on any atom is 0.408 e. The number of hydrogen-bond donors (Lipinski definition) is 4. The quantitative estimate of drug-likeness (QED) is 0.0605. The zero-order valence-corrected chi connectivity index (χ0v) is 23.3. The zero-order chi connectivity index (χ0) is 28.1. The Morgan fingerprint density at radius 1 is 0.892 bits per heavy atom. The second kappa shape index (κ2) is 20.5. The van der Waals surface area contributed by atoms with Gasteiger partial charge in [0.15, 0.2) is 5.96 Å². The third-order valence-electron chi connectivity index (χ3n) is 5.26. The maximum absolute atomic E-state index is 12.5. The third kappa shape index (κ3) is 22.4. The van der Waals surface area contributed by atoms with Gasteiger partial charge in [-0.05, 0) is 40.0 Å². The molecule has 0 aromatic rings. The number of rotatable bonds is 20. The van der Waals surface area contributed by atoms with E-state index in [1.165, 1.54) is 38.5 Å². The highest BCUT2D eigenvalue weighted by atomic mass is 16.6. The summed E-state index contributed by atoms with van der Waals surface area (Å²) in [6.45, 7) is 6.90. The van der Waals surface area contributed by atoms with Gasteiger partial charge in [-0.3, -0.25) is 9.79 Å². The van der Waals surface area contributed by atoms with Gasteiger partial charge in [0.25, 0.3) is 0 Å². The summed E-state index contributed by atoms with van der Waals surface area (Å²) >= 11 is 0. The van der Waals surface area contributed by atoms with Crippen LogP contribution >= 0.6 is 0 Å². The lowest BCUT2D eigenvalue weighted by Crippen LogP contribution is -2.45. The van der Waals surface area contributed by atoms with E-state index < -0.39 is 35.8 Å². The first-order chi connectivity index (χ1) is 17.4. The minimum atomic E-state index is -1.18. The van der Waals surface area contributed by atoms with Gasteiger partial charge in [0.05, 0.1) is 0 Å². The number of carbonyl (C=O) groups is 3. The Labute approximate surface area is 222 Å². The summed E-state index contributed by atoms with van der Waals surface area (Å²) in [6.07, 6.45) is 9.26. The van der Waals surface area contributed by atoms with E-state index in [0.29, 0.717) is 12.8 Å². The average molecular weight is 531 g/mol. The van der Waals surface area contributed by atoms with Gasteiger partial charge in [-0.15, -0.1) is 0 Å². The number of nitrogens with one attached hydrogen (secondary N) is 1. The summed E-state index contributed by atoms with van der Waals surface area (Å²) in [7, 11) is 0. The van der Waals surface area contributed by atoms with E-state index in [2.05, 4.69) is 17.2 Å². The van der Waals surface area contributed by atoms with Crippen molar-refractivity contribution in [2.24, 2.45) is 16.5 Å². The highest BCUT2D eigenvalue weighted by Gasteiger charge is 2.26. The number of carbonyl (C=O) groups excluding carboxylic acids is 3. The van der Waals surface area contributed by atoms with E-state index in [1.54, 1.807) is 20.8 Å². The third-order valence-corrected chi connectivity index (χ3v) is 5.26. The molecule has 0 bridgehead atoms. The Morgan fingerprint density at radius 2 is 1.46 bits per heavy atom. The van der Waals surface area contributed by atoms with Gasteiger partial charge in [-0.1, -0.05) is 58.3 Å². The minimum Gasteiger partial charge on any atom is -0.463 e. The topological polar surface area (TPSA) is 176 Å². The highest BCUT2D eigenvalue weighted by Crippen LogP contribution is 2.11. The molecule has 11 heteroatoms. The van der Waals surface area contributed by atoms with E-state index in [0.717, 1.165) is 19.3 Å². The predicted molar refractivity (Wildman–Crippen MR) is 143 cm³/mol. The summed E-state index contributed by atoms with van der Waals surface area (Å²) in [4.78, 5) is 40.4. The van der Waals surface area contributed by atoms with E-state index in [-0.39, 0.29) is 32.1 Å². The average Bonchev–Trinajstić information content (AvgIpc) is 2.80. The van der Waals surface area contributed by atoms with Crippen LogP contribution in [0.5, 0.6) is 0 Å². The Balaban J connectivity index is 4.30. The van der Waals surface area contributed by atoms with Gasteiger partial charge in [-0.2, -0.15) is 0 Å². The monoisotopic (exact) mass is 530 g/mol. The Kier molecular flexibility index (Phi) is 19.1. The van der Waals surface area contributed by atoms with E-state index in [1.807, 2.05) is 0 Å². The first-order valence-electron chi connectivity index (χ1n) is 13.5. The molecule has 0 unspecified atom stereocenters. The summed E-state index contributed by atoms with van der Waals surface area (Å²) in [5.74, 6) is -1.22. The van der Waals surface area contributed by atoms with Crippen molar-refractivity contribution < 1.29 is 33.7 Å². The van der Waals surface area contributed by atoms with E-state index in [9.17, 15) is 19.5 Å². The molecule has 0 rings (SSSR count). The molecule has 0 aliphatic rings. The van der Waals surface area contributed by atoms with Gasteiger partial charge < -0.3 is 36.1 Å². The number of unbranched alkanes of at least 4 members (excludes halogenated alkanes) is 8. The molecule has 2 atom stereocenters. The number of nitrogens with zero attached hydrogens (tertiary/aromatic N) is 1. The molecule has 0 heterocycles. The zero-order valence-electron chi connectivity index (χ0n) is 23.3. The minimum absolute atomic E-state index is 0.0743. The lowest BCUT2D eigenvalue weighted by molar-refractivity contribution is -0.154. The first-order valence-corrected chi connectivity index (χ1v) is 13.5. The number of esters is 2.